The first-order valence-electron chi connectivity index (χ1n) is 5.31. The normalized spacial score (nSPS) is 11.2. The Bertz CT molecular complexity index is 773. The van der Waals surface area contributed by atoms with Crippen molar-refractivity contribution in [3.63, 3.8) is 0 Å². The molecule has 0 spiro atoms. The summed E-state index contributed by atoms with van der Waals surface area (Å²) in [5.41, 5.74) is 2.06. The van der Waals surface area contributed by atoms with Crippen molar-refractivity contribution in [2.75, 3.05) is 0 Å². The number of aryl methyl sites for hydroxylation is 1. The molecule has 3 rings (SSSR count). The zero-order chi connectivity index (χ0) is 12.7. The van der Waals surface area contributed by atoms with E-state index in [1.165, 1.54) is 3.57 Å². The number of aromatic nitrogens is 4. The van der Waals surface area contributed by atoms with E-state index in [1.54, 1.807) is 6.92 Å². The number of aromatic amines is 1. The topological polar surface area (TPSA) is 59.6 Å². The Labute approximate surface area is 121 Å². The number of H-pyrrole nitrogens is 1. The Hall–Kier alpha value is -1.22. The summed E-state index contributed by atoms with van der Waals surface area (Å²) in [6.07, 6.45) is 0. The molecule has 0 unspecified atom stereocenters. The highest BCUT2D eigenvalue weighted by Crippen LogP contribution is 2.18. The summed E-state index contributed by atoms with van der Waals surface area (Å²) in [5, 5.41) is 3.89. The maximum absolute atomic E-state index is 5.32. The van der Waals surface area contributed by atoms with Crippen molar-refractivity contribution in [3.8, 4) is 0 Å². The predicted molar refractivity (Wildman–Crippen MR) is 78.0 cm³/mol. The average molecular weight is 372 g/mol. The van der Waals surface area contributed by atoms with Crippen LogP contribution >= 0.6 is 34.8 Å². The summed E-state index contributed by atoms with van der Waals surface area (Å²) in [4.78, 5) is 7.37. The minimum absolute atomic E-state index is 0.511. The molecule has 0 bridgehead atoms. The molecule has 0 aliphatic rings. The number of nitrogens with one attached hydrogen (secondary N) is 1. The predicted octanol–water partition coefficient (Wildman–Crippen LogP) is 3.04. The Morgan fingerprint density at radius 1 is 1.50 bits per heavy atom. The molecule has 0 atom stereocenters. The number of rotatable bonds is 2. The van der Waals surface area contributed by atoms with E-state index in [4.69, 9.17) is 16.7 Å². The Morgan fingerprint density at radius 3 is 3.06 bits per heavy atom. The summed E-state index contributed by atoms with van der Waals surface area (Å²) in [6, 6.07) is 6.14. The third kappa shape index (κ3) is 2.07. The molecule has 5 nitrogen and oxygen atoms in total. The van der Waals surface area contributed by atoms with Crippen LogP contribution in [0, 0.1) is 15.3 Å². The van der Waals surface area contributed by atoms with E-state index in [2.05, 4.69) is 43.8 Å². The van der Waals surface area contributed by atoms with Gasteiger partial charge in [0.05, 0.1) is 17.6 Å². The van der Waals surface area contributed by atoms with Gasteiger partial charge in [0.1, 0.15) is 0 Å². The van der Waals surface area contributed by atoms with Gasteiger partial charge >= 0.3 is 0 Å². The second kappa shape index (κ2) is 4.47. The number of fused-ring (bicyclic) bond motifs is 1. The lowest BCUT2D eigenvalue weighted by Crippen LogP contribution is -2.01. The standard InChI is InChI=1S/C11H9IN4OS/c1-6-13-10(15-17-6)5-16-9-3-2-7(12)4-8(9)14-11(16)18/h2-4H,5H2,1H3,(H,14,18). The van der Waals surface area contributed by atoms with E-state index in [0.717, 1.165) is 11.0 Å². The molecular formula is C11H9IN4OS. The molecule has 3 aromatic rings. The molecule has 1 aromatic carbocycles. The highest BCUT2D eigenvalue weighted by Gasteiger charge is 2.08. The molecule has 0 amide bonds. The van der Waals surface area contributed by atoms with Crippen LogP contribution in [0.2, 0.25) is 0 Å². The Balaban J connectivity index is 2.11. The van der Waals surface area contributed by atoms with Crippen molar-refractivity contribution in [1.82, 2.24) is 19.7 Å². The molecule has 18 heavy (non-hydrogen) atoms. The van der Waals surface area contributed by atoms with Gasteiger partial charge in [-0.2, -0.15) is 4.98 Å². The molecule has 0 saturated heterocycles. The summed E-state index contributed by atoms with van der Waals surface area (Å²) >= 11 is 7.59. The highest BCUT2D eigenvalue weighted by atomic mass is 127. The van der Waals surface area contributed by atoms with Gasteiger partial charge in [-0.05, 0) is 53.0 Å². The second-order valence-electron chi connectivity index (χ2n) is 3.91. The minimum atomic E-state index is 0.511. The zero-order valence-corrected chi connectivity index (χ0v) is 12.4. The molecule has 92 valence electrons. The number of hydrogen-bond acceptors (Lipinski definition) is 4. The SMILES string of the molecule is Cc1nc(Cn2c(=S)[nH]c3cc(I)ccc32)no1. The minimum Gasteiger partial charge on any atom is -0.340 e. The lowest BCUT2D eigenvalue weighted by atomic mass is 10.3. The molecule has 2 aromatic heterocycles. The smallest absolute Gasteiger partial charge is 0.223 e. The first kappa shape index (κ1) is 11.8. The largest absolute Gasteiger partial charge is 0.340 e. The van der Waals surface area contributed by atoms with Gasteiger partial charge in [0.15, 0.2) is 10.6 Å². The van der Waals surface area contributed by atoms with Crippen LogP contribution in [0.5, 0.6) is 0 Å². The fourth-order valence-electron chi connectivity index (χ4n) is 1.84. The van der Waals surface area contributed by atoms with Crippen LogP contribution in [0.15, 0.2) is 22.7 Å². The number of imidazole rings is 1. The van der Waals surface area contributed by atoms with Gasteiger partial charge < -0.3 is 14.1 Å². The van der Waals surface area contributed by atoms with E-state index >= 15 is 0 Å². The fourth-order valence-corrected chi connectivity index (χ4v) is 2.60. The zero-order valence-electron chi connectivity index (χ0n) is 9.48. The molecular weight excluding hydrogens is 363 g/mol. The van der Waals surface area contributed by atoms with Gasteiger partial charge in [0, 0.05) is 10.5 Å². The summed E-state index contributed by atoms with van der Waals surface area (Å²) in [7, 11) is 0. The van der Waals surface area contributed by atoms with Crippen LogP contribution in [0.4, 0.5) is 0 Å². The van der Waals surface area contributed by atoms with Gasteiger partial charge in [-0.15, -0.1) is 0 Å². The van der Waals surface area contributed by atoms with E-state index in [9.17, 15) is 0 Å². The maximum Gasteiger partial charge on any atom is 0.223 e. The van der Waals surface area contributed by atoms with E-state index < -0.39 is 0 Å². The van der Waals surface area contributed by atoms with Gasteiger partial charge in [0.2, 0.25) is 5.89 Å². The van der Waals surface area contributed by atoms with Gasteiger partial charge in [-0.25, -0.2) is 0 Å². The molecule has 0 fully saturated rings. The van der Waals surface area contributed by atoms with Crippen LogP contribution in [0.25, 0.3) is 11.0 Å². The number of halogens is 1. The maximum atomic E-state index is 5.32. The van der Waals surface area contributed by atoms with Gasteiger partial charge in [0.25, 0.3) is 0 Å². The van der Waals surface area contributed by atoms with E-state index in [0.29, 0.717) is 23.0 Å². The molecule has 1 N–H and O–H groups in total. The number of hydrogen-bond donors (Lipinski definition) is 1. The summed E-state index contributed by atoms with van der Waals surface area (Å²) in [5.74, 6) is 1.19. The van der Waals surface area contributed by atoms with Crippen molar-refractivity contribution in [2.45, 2.75) is 13.5 Å². The molecule has 0 radical (unpaired) electrons. The van der Waals surface area contributed by atoms with Crippen molar-refractivity contribution >= 4 is 45.8 Å². The van der Waals surface area contributed by atoms with Crippen LogP contribution in [-0.2, 0) is 6.54 Å². The second-order valence-corrected chi connectivity index (χ2v) is 5.54. The highest BCUT2D eigenvalue weighted by molar-refractivity contribution is 14.1. The fraction of sp³-hybridized carbons (Fsp3) is 0.182. The lowest BCUT2D eigenvalue weighted by Gasteiger charge is -2.00. The average Bonchev–Trinajstić information content (AvgIpc) is 2.84. The number of nitrogens with zero attached hydrogens (tertiary/aromatic N) is 3. The lowest BCUT2D eigenvalue weighted by molar-refractivity contribution is 0.386. The third-order valence-electron chi connectivity index (χ3n) is 2.61. The molecule has 2 heterocycles. The Morgan fingerprint density at radius 2 is 2.33 bits per heavy atom. The quantitative estimate of drug-likeness (QED) is 0.555. The van der Waals surface area contributed by atoms with Gasteiger partial charge in [-0.3, -0.25) is 0 Å². The summed E-state index contributed by atoms with van der Waals surface area (Å²) in [6.45, 7) is 2.28. The molecule has 0 aliphatic heterocycles. The number of benzene rings is 1. The molecule has 0 saturated carbocycles. The Kier molecular flexibility index (Phi) is 2.94. The van der Waals surface area contributed by atoms with Crippen molar-refractivity contribution in [2.24, 2.45) is 0 Å². The van der Waals surface area contributed by atoms with E-state index in [1.807, 2.05) is 16.7 Å². The monoisotopic (exact) mass is 372 g/mol. The van der Waals surface area contributed by atoms with Crippen LogP contribution < -0.4 is 0 Å². The molecule has 0 aliphatic carbocycles. The van der Waals surface area contributed by atoms with Crippen molar-refractivity contribution in [1.29, 1.82) is 0 Å². The first-order valence-corrected chi connectivity index (χ1v) is 6.79. The van der Waals surface area contributed by atoms with Crippen LogP contribution in [0.3, 0.4) is 0 Å². The summed E-state index contributed by atoms with van der Waals surface area (Å²) < 4.78 is 8.75. The van der Waals surface area contributed by atoms with Crippen LogP contribution in [0.1, 0.15) is 11.7 Å². The third-order valence-corrected chi connectivity index (χ3v) is 3.60. The first-order chi connectivity index (χ1) is 8.63. The van der Waals surface area contributed by atoms with Crippen molar-refractivity contribution < 1.29 is 4.52 Å². The van der Waals surface area contributed by atoms with Gasteiger partial charge in [-0.1, -0.05) is 5.16 Å². The van der Waals surface area contributed by atoms with Crippen LogP contribution in [-0.4, -0.2) is 19.7 Å². The van der Waals surface area contributed by atoms with Crippen molar-refractivity contribution in [3.05, 3.63) is 38.3 Å². The molecule has 7 heteroatoms. The van der Waals surface area contributed by atoms with E-state index in [-0.39, 0.29) is 0 Å².